The van der Waals surface area contributed by atoms with E-state index in [2.05, 4.69) is 33.0 Å². The van der Waals surface area contributed by atoms with Crippen molar-refractivity contribution in [1.82, 2.24) is 4.98 Å². The van der Waals surface area contributed by atoms with Gasteiger partial charge in [0.1, 0.15) is 0 Å². The second-order valence-electron chi connectivity index (χ2n) is 3.72. The molecule has 0 radical (unpaired) electrons. The minimum atomic E-state index is 0.0253. The summed E-state index contributed by atoms with van der Waals surface area (Å²) in [6.45, 7) is 0. The third-order valence-electron chi connectivity index (χ3n) is 2.48. The van der Waals surface area contributed by atoms with E-state index in [0.29, 0.717) is 0 Å². The van der Waals surface area contributed by atoms with Crippen LogP contribution in [0.1, 0.15) is 17.2 Å². The molecule has 1 atom stereocenters. The summed E-state index contributed by atoms with van der Waals surface area (Å²) in [5, 5.41) is 0. The Morgan fingerprint density at radius 3 is 2.62 bits per heavy atom. The standard InChI is InChI=1S/C13H13BrN2/c14-12-3-1-2-10(8-12)9-13(15)11-4-6-16-7-5-11/h1-8,13H,9,15H2. The van der Waals surface area contributed by atoms with Crippen LogP contribution in [0.15, 0.2) is 53.3 Å². The highest BCUT2D eigenvalue weighted by molar-refractivity contribution is 9.10. The number of halogens is 1. The number of nitrogens with two attached hydrogens (primary N) is 1. The molecular weight excluding hydrogens is 264 g/mol. The zero-order valence-electron chi connectivity index (χ0n) is 8.81. The molecule has 3 heteroatoms. The van der Waals surface area contributed by atoms with Gasteiger partial charge in [-0.25, -0.2) is 0 Å². The Morgan fingerprint density at radius 2 is 1.94 bits per heavy atom. The van der Waals surface area contributed by atoms with Crippen LogP contribution in [0.2, 0.25) is 0 Å². The molecule has 0 fully saturated rings. The lowest BCUT2D eigenvalue weighted by Crippen LogP contribution is -2.13. The highest BCUT2D eigenvalue weighted by Gasteiger charge is 2.06. The summed E-state index contributed by atoms with van der Waals surface area (Å²) in [4.78, 5) is 3.99. The molecular formula is C13H13BrN2. The molecule has 0 aliphatic heterocycles. The van der Waals surface area contributed by atoms with Crippen molar-refractivity contribution in [1.29, 1.82) is 0 Å². The van der Waals surface area contributed by atoms with E-state index in [1.807, 2.05) is 24.3 Å². The first kappa shape index (κ1) is 11.3. The third-order valence-corrected chi connectivity index (χ3v) is 2.97. The lowest BCUT2D eigenvalue weighted by atomic mass is 10.0. The molecule has 2 aromatic rings. The second-order valence-corrected chi connectivity index (χ2v) is 4.64. The summed E-state index contributed by atoms with van der Waals surface area (Å²) in [5.74, 6) is 0. The quantitative estimate of drug-likeness (QED) is 0.936. The van der Waals surface area contributed by atoms with Gasteiger partial charge in [0.05, 0.1) is 0 Å². The molecule has 1 heterocycles. The Labute approximate surface area is 104 Å². The topological polar surface area (TPSA) is 38.9 Å². The van der Waals surface area contributed by atoms with Crippen molar-refractivity contribution in [2.45, 2.75) is 12.5 Å². The van der Waals surface area contributed by atoms with Crippen LogP contribution in [0.25, 0.3) is 0 Å². The average Bonchev–Trinajstić information content (AvgIpc) is 2.30. The first-order valence-corrected chi connectivity index (χ1v) is 5.95. The van der Waals surface area contributed by atoms with E-state index in [4.69, 9.17) is 5.73 Å². The fraction of sp³-hybridized carbons (Fsp3) is 0.154. The molecule has 2 rings (SSSR count). The largest absolute Gasteiger partial charge is 0.324 e. The molecule has 0 bridgehead atoms. The number of aromatic nitrogens is 1. The molecule has 1 aromatic carbocycles. The molecule has 16 heavy (non-hydrogen) atoms. The van der Waals surface area contributed by atoms with Gasteiger partial charge in [-0.15, -0.1) is 0 Å². The Morgan fingerprint density at radius 1 is 1.19 bits per heavy atom. The highest BCUT2D eigenvalue weighted by Crippen LogP contribution is 2.18. The maximum atomic E-state index is 6.13. The van der Waals surface area contributed by atoms with E-state index in [-0.39, 0.29) is 6.04 Å². The van der Waals surface area contributed by atoms with Crippen LogP contribution in [0, 0.1) is 0 Å². The van der Waals surface area contributed by atoms with Crippen molar-refractivity contribution >= 4 is 15.9 Å². The van der Waals surface area contributed by atoms with Crippen molar-refractivity contribution in [3.63, 3.8) is 0 Å². The molecule has 0 aliphatic rings. The molecule has 2 nitrogen and oxygen atoms in total. The average molecular weight is 277 g/mol. The maximum Gasteiger partial charge on any atom is 0.0336 e. The SMILES string of the molecule is NC(Cc1cccc(Br)c1)c1ccncc1. The van der Waals surface area contributed by atoms with E-state index in [1.165, 1.54) is 5.56 Å². The van der Waals surface area contributed by atoms with Gasteiger partial charge in [0.2, 0.25) is 0 Å². The first-order chi connectivity index (χ1) is 7.75. The molecule has 0 spiro atoms. The van der Waals surface area contributed by atoms with Crippen LogP contribution in [0.3, 0.4) is 0 Å². The van der Waals surface area contributed by atoms with Crippen molar-refractivity contribution in [2.24, 2.45) is 5.73 Å². The smallest absolute Gasteiger partial charge is 0.0336 e. The predicted octanol–water partition coefficient (Wildman–Crippen LogP) is 3.09. The molecule has 0 aliphatic carbocycles. The van der Waals surface area contributed by atoms with Gasteiger partial charge < -0.3 is 5.73 Å². The minimum Gasteiger partial charge on any atom is -0.324 e. The first-order valence-electron chi connectivity index (χ1n) is 5.15. The monoisotopic (exact) mass is 276 g/mol. The van der Waals surface area contributed by atoms with Crippen LogP contribution in [0.4, 0.5) is 0 Å². The molecule has 0 saturated carbocycles. The van der Waals surface area contributed by atoms with E-state index in [9.17, 15) is 0 Å². The van der Waals surface area contributed by atoms with Gasteiger partial charge in [0.15, 0.2) is 0 Å². The molecule has 0 saturated heterocycles. The molecule has 1 aromatic heterocycles. The Hall–Kier alpha value is -1.19. The third kappa shape index (κ3) is 2.90. The summed E-state index contributed by atoms with van der Waals surface area (Å²) in [6.07, 6.45) is 4.38. The van der Waals surface area contributed by atoms with Gasteiger partial charge in [-0.05, 0) is 41.8 Å². The maximum absolute atomic E-state index is 6.13. The molecule has 1 unspecified atom stereocenters. The second kappa shape index (κ2) is 5.23. The van der Waals surface area contributed by atoms with Crippen molar-refractivity contribution in [3.8, 4) is 0 Å². The predicted molar refractivity (Wildman–Crippen MR) is 69.0 cm³/mol. The van der Waals surface area contributed by atoms with Crippen LogP contribution in [0.5, 0.6) is 0 Å². The summed E-state index contributed by atoms with van der Waals surface area (Å²) in [6, 6.07) is 12.2. The zero-order valence-corrected chi connectivity index (χ0v) is 10.4. The summed E-state index contributed by atoms with van der Waals surface area (Å²) >= 11 is 3.46. The lowest BCUT2D eigenvalue weighted by Gasteiger charge is -2.11. The van der Waals surface area contributed by atoms with Crippen molar-refractivity contribution in [2.75, 3.05) is 0 Å². The Balaban J connectivity index is 2.11. The number of pyridine rings is 1. The number of hydrogen-bond acceptors (Lipinski definition) is 2. The molecule has 82 valence electrons. The van der Waals surface area contributed by atoms with Crippen LogP contribution in [-0.4, -0.2) is 4.98 Å². The molecule has 2 N–H and O–H groups in total. The number of nitrogens with zero attached hydrogens (tertiary/aromatic N) is 1. The molecule has 0 amide bonds. The van der Waals surface area contributed by atoms with E-state index >= 15 is 0 Å². The number of hydrogen-bond donors (Lipinski definition) is 1. The fourth-order valence-electron chi connectivity index (χ4n) is 1.65. The minimum absolute atomic E-state index is 0.0253. The fourth-order valence-corrected chi connectivity index (χ4v) is 2.09. The van der Waals surface area contributed by atoms with Gasteiger partial charge in [-0.1, -0.05) is 28.1 Å². The van der Waals surface area contributed by atoms with Gasteiger partial charge in [0.25, 0.3) is 0 Å². The Kier molecular flexibility index (Phi) is 3.70. The number of benzene rings is 1. The van der Waals surface area contributed by atoms with Crippen LogP contribution >= 0.6 is 15.9 Å². The Bertz CT molecular complexity index is 456. The van der Waals surface area contributed by atoms with Crippen molar-refractivity contribution in [3.05, 3.63) is 64.4 Å². The van der Waals surface area contributed by atoms with Gasteiger partial charge >= 0.3 is 0 Å². The van der Waals surface area contributed by atoms with Crippen molar-refractivity contribution < 1.29 is 0 Å². The lowest BCUT2D eigenvalue weighted by molar-refractivity contribution is 0.720. The van der Waals surface area contributed by atoms with Gasteiger partial charge in [-0.3, -0.25) is 4.98 Å². The normalized spacial score (nSPS) is 12.4. The summed E-state index contributed by atoms with van der Waals surface area (Å²) < 4.78 is 1.09. The highest BCUT2D eigenvalue weighted by atomic mass is 79.9. The zero-order chi connectivity index (χ0) is 11.4. The van der Waals surface area contributed by atoms with Crippen LogP contribution < -0.4 is 5.73 Å². The van der Waals surface area contributed by atoms with E-state index in [1.54, 1.807) is 12.4 Å². The summed E-state index contributed by atoms with van der Waals surface area (Å²) in [5.41, 5.74) is 8.49. The summed E-state index contributed by atoms with van der Waals surface area (Å²) in [7, 11) is 0. The van der Waals surface area contributed by atoms with E-state index < -0.39 is 0 Å². The van der Waals surface area contributed by atoms with E-state index in [0.717, 1.165) is 16.5 Å². The van der Waals surface area contributed by atoms with Crippen LogP contribution in [-0.2, 0) is 6.42 Å². The van der Waals surface area contributed by atoms with Gasteiger partial charge in [-0.2, -0.15) is 0 Å². The van der Waals surface area contributed by atoms with Gasteiger partial charge in [0, 0.05) is 22.9 Å². The number of rotatable bonds is 3.